The van der Waals surface area contributed by atoms with Crippen LogP contribution in [0.15, 0.2) is 0 Å². The minimum absolute atomic E-state index is 0.167. The summed E-state index contributed by atoms with van der Waals surface area (Å²) in [5, 5.41) is 0. The topological polar surface area (TPSA) is 34.1 Å². The normalized spacial score (nSPS) is 9.07. The van der Waals surface area contributed by atoms with Crippen molar-refractivity contribution in [1.29, 1.82) is 0 Å². The van der Waals surface area contributed by atoms with Gasteiger partial charge < -0.3 is 9.59 Å². The van der Waals surface area contributed by atoms with Crippen LogP contribution in [0.4, 0.5) is 0 Å². The lowest BCUT2D eigenvalue weighted by atomic mass is 10.1. The molecule has 2 nitrogen and oxygen atoms in total. The maximum Gasteiger partial charge on any atom is 0.129 e. The van der Waals surface area contributed by atoms with Gasteiger partial charge in [-0.25, -0.2) is 0 Å². The van der Waals surface area contributed by atoms with E-state index in [-0.39, 0.29) is 5.78 Å². The maximum atomic E-state index is 10.5. The zero-order valence-electron chi connectivity index (χ0n) is 10.8. The molecule has 0 aliphatic rings. The molecule has 0 N–H and O–H groups in total. The van der Waals surface area contributed by atoms with Crippen molar-refractivity contribution in [3.63, 3.8) is 0 Å². The van der Waals surface area contributed by atoms with Gasteiger partial charge in [0.1, 0.15) is 11.6 Å². The SMILES string of the molecule is CC(C)=O.CCCCCCCCC(C)=O. The third-order valence-corrected chi connectivity index (χ3v) is 1.88. The summed E-state index contributed by atoms with van der Waals surface area (Å²) in [6.45, 7) is 6.95. The molecule has 0 bridgehead atoms. The molecular formula is C13H26O2. The fraction of sp³-hybridized carbons (Fsp3) is 0.846. The maximum absolute atomic E-state index is 10.5. The Morgan fingerprint density at radius 2 is 1.20 bits per heavy atom. The van der Waals surface area contributed by atoms with Crippen molar-refractivity contribution in [2.75, 3.05) is 0 Å². The second kappa shape index (κ2) is 13.3. The van der Waals surface area contributed by atoms with E-state index in [4.69, 9.17) is 0 Å². The number of Topliss-reactive ketones (excluding diaryl/α,β-unsaturated/α-hetero) is 2. The van der Waals surface area contributed by atoms with Gasteiger partial charge in [-0.2, -0.15) is 0 Å². The van der Waals surface area contributed by atoms with Crippen LogP contribution in [0.1, 0.15) is 72.6 Å². The van der Waals surface area contributed by atoms with Gasteiger partial charge in [0.25, 0.3) is 0 Å². The van der Waals surface area contributed by atoms with Crippen LogP contribution in [0, 0.1) is 0 Å². The number of rotatable bonds is 7. The summed E-state index contributed by atoms with van der Waals surface area (Å²) in [6, 6.07) is 0. The van der Waals surface area contributed by atoms with Gasteiger partial charge in [0.15, 0.2) is 0 Å². The van der Waals surface area contributed by atoms with Gasteiger partial charge in [-0.3, -0.25) is 0 Å². The fourth-order valence-corrected chi connectivity index (χ4v) is 1.15. The van der Waals surface area contributed by atoms with Crippen molar-refractivity contribution in [3.05, 3.63) is 0 Å². The Morgan fingerprint density at radius 3 is 1.60 bits per heavy atom. The van der Waals surface area contributed by atoms with Gasteiger partial charge in [0.2, 0.25) is 0 Å². The molecule has 0 radical (unpaired) electrons. The highest BCUT2D eigenvalue weighted by atomic mass is 16.1. The van der Waals surface area contributed by atoms with Crippen LogP contribution in [0.25, 0.3) is 0 Å². The van der Waals surface area contributed by atoms with E-state index in [1.807, 2.05) is 0 Å². The standard InChI is InChI=1S/C10H20O.C3H6O/c1-3-4-5-6-7-8-9-10(2)11;1-3(2)4/h3-9H2,1-2H3;1-2H3. The second-order valence-corrected chi connectivity index (χ2v) is 4.13. The Hall–Kier alpha value is -0.660. The third kappa shape index (κ3) is 31.8. The third-order valence-electron chi connectivity index (χ3n) is 1.88. The van der Waals surface area contributed by atoms with E-state index >= 15 is 0 Å². The Balaban J connectivity index is 0. The molecule has 0 saturated carbocycles. The Kier molecular flexibility index (Phi) is 14.9. The van der Waals surface area contributed by atoms with E-state index in [0.717, 1.165) is 12.8 Å². The summed E-state index contributed by atoms with van der Waals surface area (Å²) in [5.74, 6) is 0.500. The largest absolute Gasteiger partial charge is 0.300 e. The predicted molar refractivity (Wildman–Crippen MR) is 65.0 cm³/mol. The molecule has 0 aliphatic heterocycles. The molecule has 0 unspecified atom stereocenters. The first-order valence-corrected chi connectivity index (χ1v) is 5.97. The van der Waals surface area contributed by atoms with E-state index in [1.165, 1.54) is 46.0 Å². The van der Waals surface area contributed by atoms with Gasteiger partial charge in [0.05, 0.1) is 0 Å². The molecule has 0 aromatic rings. The number of unbranched alkanes of at least 4 members (excludes halogenated alkanes) is 5. The summed E-state index contributed by atoms with van der Waals surface area (Å²) in [4.78, 5) is 20.0. The molecule has 0 atom stereocenters. The highest BCUT2D eigenvalue weighted by Crippen LogP contribution is 2.06. The number of carbonyl (C=O) groups is 2. The molecule has 0 aromatic carbocycles. The molecule has 0 spiro atoms. The highest BCUT2D eigenvalue weighted by molar-refractivity contribution is 5.75. The first-order valence-electron chi connectivity index (χ1n) is 5.97. The molecule has 0 aliphatic carbocycles. The zero-order chi connectivity index (χ0) is 12.1. The number of ketones is 2. The average molecular weight is 214 g/mol. The number of carbonyl (C=O) groups excluding carboxylic acids is 2. The second-order valence-electron chi connectivity index (χ2n) is 4.13. The highest BCUT2D eigenvalue weighted by Gasteiger charge is 1.92. The first kappa shape index (κ1) is 16.8. The van der Waals surface area contributed by atoms with Crippen molar-refractivity contribution in [2.24, 2.45) is 0 Å². The van der Waals surface area contributed by atoms with Crippen molar-refractivity contribution < 1.29 is 9.59 Å². The van der Waals surface area contributed by atoms with Crippen LogP contribution < -0.4 is 0 Å². The Bertz CT molecular complexity index is 158. The van der Waals surface area contributed by atoms with Crippen LogP contribution in [0.3, 0.4) is 0 Å². The molecule has 2 heteroatoms. The van der Waals surface area contributed by atoms with Gasteiger partial charge in [0, 0.05) is 6.42 Å². The van der Waals surface area contributed by atoms with Gasteiger partial charge >= 0.3 is 0 Å². The van der Waals surface area contributed by atoms with Crippen molar-refractivity contribution >= 4 is 11.6 Å². The van der Waals surface area contributed by atoms with Gasteiger partial charge in [-0.15, -0.1) is 0 Å². The Morgan fingerprint density at radius 1 is 0.800 bits per heavy atom. The smallest absolute Gasteiger partial charge is 0.129 e. The molecule has 0 heterocycles. The lowest BCUT2D eigenvalue weighted by Crippen LogP contribution is -1.88. The van der Waals surface area contributed by atoms with Crippen molar-refractivity contribution in [2.45, 2.75) is 72.6 Å². The fourth-order valence-electron chi connectivity index (χ4n) is 1.15. The van der Waals surface area contributed by atoms with Gasteiger partial charge in [-0.05, 0) is 27.2 Å². The molecule has 90 valence electrons. The average Bonchev–Trinajstić information content (AvgIpc) is 2.09. The minimum atomic E-state index is 0.167. The predicted octanol–water partition coefficient (Wildman–Crippen LogP) is 3.92. The molecule has 0 fully saturated rings. The summed E-state index contributed by atoms with van der Waals surface area (Å²) >= 11 is 0. The molecule has 0 rings (SSSR count). The van der Waals surface area contributed by atoms with Gasteiger partial charge in [-0.1, -0.05) is 39.0 Å². The monoisotopic (exact) mass is 214 g/mol. The minimum Gasteiger partial charge on any atom is -0.300 e. The van der Waals surface area contributed by atoms with Crippen LogP contribution in [-0.4, -0.2) is 11.6 Å². The molecule has 15 heavy (non-hydrogen) atoms. The van der Waals surface area contributed by atoms with Crippen LogP contribution in [0.2, 0.25) is 0 Å². The lowest BCUT2D eigenvalue weighted by Gasteiger charge is -1.97. The number of hydrogen-bond acceptors (Lipinski definition) is 2. The molecule has 0 aromatic heterocycles. The van der Waals surface area contributed by atoms with E-state index in [2.05, 4.69) is 6.92 Å². The van der Waals surface area contributed by atoms with Crippen LogP contribution >= 0.6 is 0 Å². The lowest BCUT2D eigenvalue weighted by molar-refractivity contribution is -0.117. The first-order chi connectivity index (χ1) is 7.00. The van der Waals surface area contributed by atoms with E-state index in [1.54, 1.807) is 6.92 Å². The van der Waals surface area contributed by atoms with E-state index in [9.17, 15) is 9.59 Å². The summed E-state index contributed by atoms with van der Waals surface area (Å²) in [7, 11) is 0. The zero-order valence-corrected chi connectivity index (χ0v) is 10.8. The quantitative estimate of drug-likeness (QED) is 0.602. The van der Waals surface area contributed by atoms with E-state index in [0.29, 0.717) is 5.78 Å². The summed E-state index contributed by atoms with van der Waals surface area (Å²) in [5.41, 5.74) is 0. The van der Waals surface area contributed by atoms with Crippen LogP contribution in [-0.2, 0) is 9.59 Å². The molecule has 0 amide bonds. The van der Waals surface area contributed by atoms with Crippen molar-refractivity contribution in [1.82, 2.24) is 0 Å². The molecule has 0 saturated heterocycles. The summed E-state index contributed by atoms with van der Waals surface area (Å²) < 4.78 is 0. The number of hydrogen-bond donors (Lipinski definition) is 0. The Labute approximate surface area is 94.4 Å². The summed E-state index contributed by atoms with van der Waals surface area (Å²) in [6.07, 6.45) is 8.41. The van der Waals surface area contributed by atoms with Crippen molar-refractivity contribution in [3.8, 4) is 0 Å². The molecular weight excluding hydrogens is 188 g/mol. The van der Waals surface area contributed by atoms with Crippen LogP contribution in [0.5, 0.6) is 0 Å². The van der Waals surface area contributed by atoms with E-state index < -0.39 is 0 Å².